The molecule has 1 aliphatic rings. The van der Waals surface area contributed by atoms with Crippen molar-refractivity contribution >= 4 is 23.6 Å². The van der Waals surface area contributed by atoms with Gasteiger partial charge in [0.2, 0.25) is 5.91 Å². The Kier molecular flexibility index (Phi) is 7.71. The Labute approximate surface area is 151 Å². The molecule has 2 rings (SSSR count). The Hall–Kier alpha value is -1.60. The molecule has 1 aromatic rings. The number of aliphatic carboxylic acids is 1. The lowest BCUT2D eigenvalue weighted by Gasteiger charge is -2.28. The van der Waals surface area contributed by atoms with E-state index < -0.39 is 11.9 Å². The van der Waals surface area contributed by atoms with E-state index in [2.05, 4.69) is 5.32 Å². The van der Waals surface area contributed by atoms with E-state index in [0.717, 1.165) is 4.90 Å². The van der Waals surface area contributed by atoms with E-state index in [1.54, 1.807) is 19.1 Å². The Morgan fingerprint density at radius 3 is 2.56 bits per heavy atom. The lowest BCUT2D eigenvalue weighted by atomic mass is 9.86. The van der Waals surface area contributed by atoms with Gasteiger partial charge in [0.15, 0.2) is 0 Å². The first-order valence-corrected chi connectivity index (χ1v) is 9.42. The molecule has 0 aromatic heterocycles. The maximum absolute atomic E-state index is 12.9. The second-order valence-electron chi connectivity index (χ2n) is 6.31. The Morgan fingerprint density at radius 1 is 1.32 bits per heavy atom. The number of benzene rings is 1. The van der Waals surface area contributed by atoms with Gasteiger partial charge < -0.3 is 15.2 Å². The van der Waals surface area contributed by atoms with Gasteiger partial charge in [-0.3, -0.25) is 9.59 Å². The minimum atomic E-state index is -0.874. The molecule has 0 radical (unpaired) electrons. The zero-order valence-electron chi connectivity index (χ0n) is 14.2. The maximum Gasteiger partial charge on any atom is 0.308 e. The average molecular weight is 369 g/mol. The predicted molar refractivity (Wildman–Crippen MR) is 94.0 cm³/mol. The van der Waals surface area contributed by atoms with Crippen molar-refractivity contribution < 1.29 is 23.8 Å². The SMILES string of the molecule is CC(CSc1ccc(F)cc1)C(=O)NCC(C(=O)O)C1CCOCC1. The van der Waals surface area contributed by atoms with Gasteiger partial charge in [0.1, 0.15) is 5.82 Å². The minimum Gasteiger partial charge on any atom is -0.481 e. The summed E-state index contributed by atoms with van der Waals surface area (Å²) in [6, 6.07) is 6.13. The van der Waals surface area contributed by atoms with Gasteiger partial charge in [-0.2, -0.15) is 0 Å². The van der Waals surface area contributed by atoms with Crippen molar-refractivity contribution in [2.24, 2.45) is 17.8 Å². The summed E-state index contributed by atoms with van der Waals surface area (Å²) < 4.78 is 18.1. The van der Waals surface area contributed by atoms with Gasteiger partial charge in [-0.05, 0) is 43.0 Å². The van der Waals surface area contributed by atoms with Gasteiger partial charge in [-0.15, -0.1) is 11.8 Å². The number of thioether (sulfide) groups is 1. The fraction of sp³-hybridized carbons (Fsp3) is 0.556. The first-order valence-electron chi connectivity index (χ1n) is 8.44. The number of amides is 1. The lowest BCUT2D eigenvalue weighted by molar-refractivity contribution is -0.145. The molecule has 0 spiro atoms. The van der Waals surface area contributed by atoms with E-state index in [1.807, 2.05) is 0 Å². The van der Waals surface area contributed by atoms with Crippen molar-refractivity contribution in [1.29, 1.82) is 0 Å². The van der Waals surface area contributed by atoms with Crippen LogP contribution in [0.1, 0.15) is 19.8 Å². The molecule has 0 aliphatic carbocycles. The summed E-state index contributed by atoms with van der Waals surface area (Å²) in [5.41, 5.74) is 0. The molecule has 1 saturated heterocycles. The van der Waals surface area contributed by atoms with Gasteiger partial charge in [-0.25, -0.2) is 4.39 Å². The maximum atomic E-state index is 12.9. The van der Waals surface area contributed by atoms with Crippen LogP contribution < -0.4 is 5.32 Å². The number of rotatable bonds is 8. The highest BCUT2D eigenvalue weighted by Gasteiger charge is 2.30. The third kappa shape index (κ3) is 6.32. The number of carbonyl (C=O) groups excluding carboxylic acids is 1. The quantitative estimate of drug-likeness (QED) is 0.689. The Balaban J connectivity index is 1.78. The van der Waals surface area contributed by atoms with Crippen molar-refractivity contribution in [3.05, 3.63) is 30.1 Å². The van der Waals surface area contributed by atoms with E-state index in [0.29, 0.717) is 31.8 Å². The molecule has 25 heavy (non-hydrogen) atoms. The summed E-state index contributed by atoms with van der Waals surface area (Å²) in [5, 5.41) is 12.2. The van der Waals surface area contributed by atoms with Gasteiger partial charge in [0.25, 0.3) is 0 Å². The second-order valence-corrected chi connectivity index (χ2v) is 7.40. The average Bonchev–Trinajstić information content (AvgIpc) is 2.61. The number of carbonyl (C=O) groups is 2. The second kappa shape index (κ2) is 9.77. The topological polar surface area (TPSA) is 75.6 Å². The van der Waals surface area contributed by atoms with Crippen molar-refractivity contribution in [3.8, 4) is 0 Å². The minimum absolute atomic E-state index is 0.0375. The molecular formula is C18H24FNO4S. The van der Waals surface area contributed by atoms with Gasteiger partial charge in [0, 0.05) is 36.3 Å². The smallest absolute Gasteiger partial charge is 0.308 e. The van der Waals surface area contributed by atoms with Crippen molar-refractivity contribution in [2.45, 2.75) is 24.7 Å². The summed E-state index contributed by atoms with van der Waals surface area (Å²) in [4.78, 5) is 24.6. The summed E-state index contributed by atoms with van der Waals surface area (Å²) in [6.45, 7) is 3.10. The van der Waals surface area contributed by atoms with E-state index in [4.69, 9.17) is 4.74 Å². The summed E-state index contributed by atoms with van der Waals surface area (Å²) >= 11 is 1.47. The number of carboxylic acids is 1. The van der Waals surface area contributed by atoms with Crippen LogP contribution in [0.5, 0.6) is 0 Å². The van der Waals surface area contributed by atoms with Crippen molar-refractivity contribution in [2.75, 3.05) is 25.5 Å². The van der Waals surface area contributed by atoms with Crippen LogP contribution in [-0.2, 0) is 14.3 Å². The van der Waals surface area contributed by atoms with Crippen LogP contribution in [0.25, 0.3) is 0 Å². The fourth-order valence-electron chi connectivity index (χ4n) is 2.79. The van der Waals surface area contributed by atoms with E-state index in [1.165, 1.54) is 23.9 Å². The predicted octanol–water partition coefficient (Wildman–Crippen LogP) is 2.80. The normalized spacial score (nSPS) is 17.7. The Bertz CT molecular complexity index is 575. The van der Waals surface area contributed by atoms with E-state index in [-0.39, 0.29) is 30.1 Å². The van der Waals surface area contributed by atoms with Crippen LogP contribution in [0.2, 0.25) is 0 Å². The molecule has 2 unspecified atom stereocenters. The third-order valence-corrected chi connectivity index (χ3v) is 5.68. The van der Waals surface area contributed by atoms with Gasteiger partial charge in [-0.1, -0.05) is 6.92 Å². The molecule has 5 nitrogen and oxygen atoms in total. The highest BCUT2D eigenvalue weighted by Crippen LogP contribution is 2.24. The highest BCUT2D eigenvalue weighted by molar-refractivity contribution is 7.99. The highest BCUT2D eigenvalue weighted by atomic mass is 32.2. The van der Waals surface area contributed by atoms with Crippen molar-refractivity contribution in [1.82, 2.24) is 5.32 Å². The molecule has 1 fully saturated rings. The van der Waals surface area contributed by atoms with Crippen LogP contribution >= 0.6 is 11.8 Å². The monoisotopic (exact) mass is 369 g/mol. The molecule has 2 atom stereocenters. The number of ether oxygens (including phenoxy) is 1. The fourth-order valence-corrected chi connectivity index (χ4v) is 3.71. The number of nitrogens with one attached hydrogen (secondary N) is 1. The van der Waals surface area contributed by atoms with Crippen LogP contribution in [0.4, 0.5) is 4.39 Å². The van der Waals surface area contributed by atoms with Crippen LogP contribution in [0, 0.1) is 23.6 Å². The third-order valence-electron chi connectivity index (χ3n) is 4.41. The standard InChI is InChI=1S/C18H24FNO4S/c1-12(11-25-15-4-2-14(19)3-5-15)17(21)20-10-16(18(22)23)13-6-8-24-9-7-13/h2-5,12-13,16H,6-11H2,1H3,(H,20,21)(H,22,23). The zero-order chi connectivity index (χ0) is 18.2. The molecule has 2 N–H and O–H groups in total. The molecule has 0 bridgehead atoms. The Morgan fingerprint density at radius 2 is 1.96 bits per heavy atom. The summed E-state index contributed by atoms with van der Waals surface area (Å²) in [6.07, 6.45) is 1.42. The number of carboxylic acid groups (broad SMARTS) is 1. The molecule has 1 amide bonds. The molecule has 1 aliphatic heterocycles. The summed E-state index contributed by atoms with van der Waals surface area (Å²) in [7, 11) is 0. The summed E-state index contributed by atoms with van der Waals surface area (Å²) in [5.74, 6) is -1.58. The first kappa shape index (κ1) is 19.7. The van der Waals surface area contributed by atoms with Gasteiger partial charge >= 0.3 is 5.97 Å². The van der Waals surface area contributed by atoms with Gasteiger partial charge in [0.05, 0.1) is 5.92 Å². The molecular weight excluding hydrogens is 345 g/mol. The number of hydrogen-bond donors (Lipinski definition) is 2. The van der Waals surface area contributed by atoms with E-state index in [9.17, 15) is 19.1 Å². The number of halogens is 1. The van der Waals surface area contributed by atoms with E-state index >= 15 is 0 Å². The number of hydrogen-bond acceptors (Lipinski definition) is 4. The first-order chi connectivity index (χ1) is 12.0. The molecule has 0 saturated carbocycles. The van der Waals surface area contributed by atoms with Crippen LogP contribution in [0.3, 0.4) is 0 Å². The zero-order valence-corrected chi connectivity index (χ0v) is 15.1. The van der Waals surface area contributed by atoms with Crippen molar-refractivity contribution in [3.63, 3.8) is 0 Å². The molecule has 7 heteroatoms. The van der Waals surface area contributed by atoms with Crippen LogP contribution in [0.15, 0.2) is 29.2 Å². The van der Waals surface area contributed by atoms with Crippen LogP contribution in [-0.4, -0.2) is 42.5 Å². The largest absolute Gasteiger partial charge is 0.481 e. The molecule has 1 aromatic carbocycles. The molecule has 138 valence electrons. The lowest BCUT2D eigenvalue weighted by Crippen LogP contribution is -2.41. The molecule has 1 heterocycles.